The lowest BCUT2D eigenvalue weighted by molar-refractivity contribution is 0.0710. The van der Waals surface area contributed by atoms with Crippen molar-refractivity contribution in [3.8, 4) is 23.0 Å². The number of ether oxygens (including phenoxy) is 4. The van der Waals surface area contributed by atoms with Crippen LogP contribution >= 0.6 is 0 Å². The molecule has 0 atom stereocenters. The molecular formula is C64H70N2O8. The van der Waals surface area contributed by atoms with Crippen LogP contribution < -0.4 is 18.9 Å². The molecule has 0 unspecified atom stereocenters. The van der Waals surface area contributed by atoms with Crippen molar-refractivity contribution in [2.45, 2.75) is 156 Å². The Bertz CT molecular complexity index is 2570. The molecule has 0 aromatic heterocycles. The maximum atomic E-state index is 14.0. The molecule has 74 heavy (non-hydrogen) atoms. The second-order valence-corrected chi connectivity index (χ2v) is 20.3. The Morgan fingerprint density at radius 2 is 0.568 bits per heavy atom. The third-order valence-electron chi connectivity index (χ3n) is 15.3. The van der Waals surface area contributed by atoms with E-state index in [0.29, 0.717) is 71.4 Å². The van der Waals surface area contributed by atoms with Crippen LogP contribution in [0.25, 0.3) is 0 Å². The molecule has 4 bridgehead atoms. The van der Waals surface area contributed by atoms with Crippen LogP contribution in [-0.4, -0.2) is 45.8 Å². The predicted molar refractivity (Wildman–Crippen MR) is 288 cm³/mol. The van der Waals surface area contributed by atoms with Crippen molar-refractivity contribution in [1.82, 2.24) is 9.80 Å². The van der Waals surface area contributed by atoms with Gasteiger partial charge in [-0.25, -0.2) is 19.2 Å². The van der Waals surface area contributed by atoms with E-state index in [0.717, 1.165) is 122 Å². The van der Waals surface area contributed by atoms with E-state index < -0.39 is 23.9 Å². The Morgan fingerprint density at radius 1 is 0.338 bits per heavy atom. The lowest BCUT2D eigenvalue weighted by Crippen LogP contribution is -2.36. The first-order valence-corrected chi connectivity index (χ1v) is 27.1. The lowest BCUT2D eigenvalue weighted by Gasteiger charge is -2.35. The number of nitrogens with zero attached hydrogens (tertiary/aromatic N) is 2. The van der Waals surface area contributed by atoms with Crippen LogP contribution in [0.1, 0.15) is 178 Å². The fourth-order valence-electron chi connectivity index (χ4n) is 10.8. The van der Waals surface area contributed by atoms with Crippen molar-refractivity contribution in [2.75, 3.05) is 0 Å². The van der Waals surface area contributed by atoms with Crippen LogP contribution in [0.3, 0.4) is 0 Å². The van der Waals surface area contributed by atoms with Gasteiger partial charge in [0.1, 0.15) is 23.0 Å². The predicted octanol–water partition coefficient (Wildman–Crippen LogP) is 13.8. The number of carbonyl (C=O) groups excluding carboxylic acids is 4. The first-order chi connectivity index (χ1) is 36.1. The summed E-state index contributed by atoms with van der Waals surface area (Å²) < 4.78 is 25.0. The van der Waals surface area contributed by atoms with Crippen molar-refractivity contribution >= 4 is 23.9 Å². The van der Waals surface area contributed by atoms with E-state index in [9.17, 15) is 19.2 Å². The smallest absolute Gasteiger partial charge is 0.343 e. The third kappa shape index (κ3) is 12.7. The van der Waals surface area contributed by atoms with Crippen LogP contribution in [0.5, 0.6) is 23.0 Å². The Hall–Kier alpha value is -6.88. The van der Waals surface area contributed by atoms with Gasteiger partial charge in [-0.3, -0.25) is 9.80 Å². The highest BCUT2D eigenvalue weighted by Gasteiger charge is 2.28. The Labute approximate surface area is 437 Å². The topological polar surface area (TPSA) is 112 Å². The van der Waals surface area contributed by atoms with Gasteiger partial charge in [0.25, 0.3) is 0 Å². The fourth-order valence-corrected chi connectivity index (χ4v) is 10.8. The molecule has 12 rings (SSSR count). The minimum atomic E-state index is -0.528. The Morgan fingerprint density at radius 3 is 0.784 bits per heavy atom. The van der Waals surface area contributed by atoms with Crippen molar-refractivity contribution in [3.63, 3.8) is 0 Å². The summed E-state index contributed by atoms with van der Waals surface area (Å²) in [6.07, 6.45) is 14.1. The van der Waals surface area contributed by atoms with Crippen molar-refractivity contribution < 1.29 is 38.1 Å². The van der Waals surface area contributed by atoms with Gasteiger partial charge in [0.05, 0.1) is 22.3 Å². The van der Waals surface area contributed by atoms with Gasteiger partial charge in [0.2, 0.25) is 0 Å². The van der Waals surface area contributed by atoms with E-state index in [1.54, 1.807) is 48.5 Å². The molecule has 0 N–H and O–H groups in total. The van der Waals surface area contributed by atoms with Gasteiger partial charge in [-0.05, 0) is 146 Å². The maximum absolute atomic E-state index is 14.0. The quantitative estimate of drug-likeness (QED) is 0.118. The van der Waals surface area contributed by atoms with Gasteiger partial charge >= 0.3 is 23.9 Å². The average Bonchev–Trinajstić information content (AvgIpc) is 3.44. The van der Waals surface area contributed by atoms with E-state index in [-0.39, 0.29) is 12.1 Å². The number of hydrogen-bond acceptors (Lipinski definition) is 10. The molecule has 384 valence electrons. The third-order valence-corrected chi connectivity index (χ3v) is 15.3. The number of esters is 4. The van der Waals surface area contributed by atoms with Crippen molar-refractivity contribution in [3.05, 3.63) is 188 Å². The lowest BCUT2D eigenvalue weighted by atomic mass is 9.93. The van der Waals surface area contributed by atoms with Gasteiger partial charge in [-0.1, -0.05) is 115 Å². The van der Waals surface area contributed by atoms with Crippen LogP contribution in [0.4, 0.5) is 0 Å². The zero-order valence-corrected chi connectivity index (χ0v) is 43.6. The molecule has 0 saturated heterocycles. The fraction of sp³-hybridized carbons (Fsp3) is 0.375. The van der Waals surface area contributed by atoms with Gasteiger partial charge < -0.3 is 18.9 Å². The van der Waals surface area contributed by atoms with Gasteiger partial charge in [-0.2, -0.15) is 0 Å². The molecule has 4 heterocycles. The highest BCUT2D eigenvalue weighted by molar-refractivity contribution is 5.96. The number of aryl methyl sites for hydroxylation is 4. The molecule has 2 aliphatic carbocycles. The van der Waals surface area contributed by atoms with Crippen molar-refractivity contribution in [1.29, 1.82) is 0 Å². The number of benzene rings is 6. The second-order valence-electron chi connectivity index (χ2n) is 20.3. The van der Waals surface area contributed by atoms with Crippen molar-refractivity contribution in [2.24, 2.45) is 0 Å². The number of rotatable bonds is 6. The zero-order chi connectivity index (χ0) is 51.6. The highest BCUT2D eigenvalue weighted by Crippen LogP contribution is 2.35. The van der Waals surface area contributed by atoms with Crippen LogP contribution in [0, 0.1) is 0 Å². The molecule has 0 amide bonds. The first kappa shape index (κ1) is 52.0. The molecule has 6 aliphatic rings. The molecule has 10 nitrogen and oxygen atoms in total. The van der Waals surface area contributed by atoms with E-state index in [1.807, 2.05) is 48.5 Å². The molecule has 4 aliphatic heterocycles. The summed E-state index contributed by atoms with van der Waals surface area (Å²) in [5.74, 6) is -0.234. The molecular weight excluding hydrogens is 925 g/mol. The summed E-state index contributed by atoms with van der Waals surface area (Å²) in [5, 5.41) is 0. The van der Waals surface area contributed by atoms with Gasteiger partial charge in [-0.15, -0.1) is 0 Å². The summed E-state index contributed by atoms with van der Waals surface area (Å²) in [5.41, 5.74) is 9.24. The summed E-state index contributed by atoms with van der Waals surface area (Å²) in [6, 6.07) is 37.4. The second kappa shape index (κ2) is 24.4. The molecule has 10 heteroatoms. The number of carbonyl (C=O) groups is 4. The summed E-state index contributed by atoms with van der Waals surface area (Å²) in [4.78, 5) is 61.0. The molecule has 2 fully saturated rings. The van der Waals surface area contributed by atoms with E-state index in [2.05, 4.69) is 61.8 Å². The Balaban J connectivity index is 1.10. The largest absolute Gasteiger partial charge is 0.423 e. The van der Waals surface area contributed by atoms with E-state index in [4.69, 9.17) is 18.9 Å². The molecule has 0 spiro atoms. The maximum Gasteiger partial charge on any atom is 0.343 e. The highest BCUT2D eigenvalue weighted by atomic mass is 16.5. The van der Waals surface area contributed by atoms with Crippen LogP contribution in [0.15, 0.2) is 121 Å². The summed E-state index contributed by atoms with van der Waals surface area (Å²) in [6.45, 7) is 10.4. The average molecular weight is 995 g/mol. The van der Waals surface area contributed by atoms with Gasteiger partial charge in [0, 0.05) is 60.5 Å². The number of hydrogen-bond donors (Lipinski definition) is 0. The van der Waals surface area contributed by atoms with E-state index in [1.165, 1.54) is 12.8 Å². The SMILES string of the molecule is CCc1ccc2c(c1)CN(C1CCCCC1)Cc1cc(CC)ccc1OC(=O)c1ccc(cc1)C(=O)Oc1ccc(CC)cc1CN(C1CCCCC1)Cc1cc(CC)ccc1OC(=O)c1ccc(cc1)C(=O)O2. The minimum absolute atomic E-state index is 0.247. The Kier molecular flexibility index (Phi) is 17.2. The zero-order valence-electron chi connectivity index (χ0n) is 43.6. The first-order valence-electron chi connectivity index (χ1n) is 27.1. The van der Waals surface area contributed by atoms with Crippen LogP contribution in [0.2, 0.25) is 0 Å². The molecule has 2 saturated carbocycles. The molecule has 0 radical (unpaired) electrons. The van der Waals surface area contributed by atoms with E-state index >= 15 is 0 Å². The standard InChI is InChI=1S/C64H70N2O8/c1-5-43-19-31-57-51(35-43)39-65(55-15-11-9-12-16-55)40-52-36-44(6-2)20-32-58(52)72-62(68)49-27-29-50(30-28-49)64(70)74-60-34-22-46(8-4)38-54(60)42-66(56-17-13-10-14-18-56)41-53-37-45(7-3)21-33-59(53)73-63(69)48-25-23-47(24-26-48)61(67)71-57/h19-38,55-56H,5-18,39-42H2,1-4H3. The molecule has 6 aromatic rings. The normalized spacial score (nSPS) is 17.2. The molecule has 6 aromatic carbocycles. The van der Waals surface area contributed by atoms with Gasteiger partial charge in [0.15, 0.2) is 0 Å². The summed E-state index contributed by atoms with van der Waals surface area (Å²) in [7, 11) is 0. The minimum Gasteiger partial charge on any atom is -0.423 e. The van der Waals surface area contributed by atoms with Crippen LogP contribution in [-0.2, 0) is 51.9 Å². The summed E-state index contributed by atoms with van der Waals surface area (Å²) >= 11 is 0. The monoisotopic (exact) mass is 995 g/mol.